The number of hydrogen-bond acceptors (Lipinski definition) is 6. The van der Waals surface area contributed by atoms with Crippen molar-refractivity contribution in [3.63, 3.8) is 0 Å². The van der Waals surface area contributed by atoms with Gasteiger partial charge in [-0.05, 0) is 87.9 Å². The quantitative estimate of drug-likeness (QED) is 0.145. The molecule has 0 saturated heterocycles. The average molecular weight is 553 g/mol. The van der Waals surface area contributed by atoms with Crippen molar-refractivity contribution >= 4 is 24.1 Å². The Labute approximate surface area is 237 Å². The fourth-order valence-corrected chi connectivity index (χ4v) is 7.99. The Morgan fingerprint density at radius 3 is 1.38 bits per heavy atom. The second-order valence-electron chi connectivity index (χ2n) is 11.8. The van der Waals surface area contributed by atoms with Crippen LogP contribution in [0, 0.1) is 34.5 Å². The standard InChI is InChI=1S/C32H44N2O6/c35-23-33-21-7-1-3-9-25-11-15-27(16-12-25)31(29(37)38)19-5-6-20-32(31,30(39)40)28-17-13-26(14-18-28)10-4-2-8-22-34-24-36/h1-2,5-8,25-28H,3-4,9-22H2,(H,37,38)(H,39,40). The molecule has 0 heterocycles. The molecule has 0 aromatic rings. The summed E-state index contributed by atoms with van der Waals surface area (Å²) in [6.45, 7) is 0.693. The molecule has 0 amide bonds. The summed E-state index contributed by atoms with van der Waals surface area (Å²) in [5.74, 6) is -1.20. The maximum Gasteiger partial charge on any atom is 0.311 e. The molecule has 3 rings (SSSR count). The normalized spacial score (nSPS) is 32.4. The summed E-state index contributed by atoms with van der Waals surface area (Å²) in [4.78, 5) is 53.9. The van der Waals surface area contributed by atoms with Gasteiger partial charge in [-0.1, -0.05) is 62.1 Å². The van der Waals surface area contributed by atoms with Crippen molar-refractivity contribution in [2.24, 2.45) is 44.5 Å². The van der Waals surface area contributed by atoms with Crippen LogP contribution in [0.3, 0.4) is 0 Å². The smallest absolute Gasteiger partial charge is 0.311 e. The number of carbonyl (C=O) groups is 2. The minimum absolute atomic E-state index is 0.156. The molecule has 0 radical (unpaired) electrons. The fourth-order valence-electron chi connectivity index (χ4n) is 7.99. The van der Waals surface area contributed by atoms with Crippen molar-refractivity contribution in [3.8, 4) is 0 Å². The Balaban J connectivity index is 1.69. The van der Waals surface area contributed by atoms with E-state index in [1.807, 2.05) is 36.5 Å². The van der Waals surface area contributed by atoms with Crippen LogP contribution >= 0.6 is 0 Å². The minimum Gasteiger partial charge on any atom is -0.481 e. The molecule has 2 saturated carbocycles. The summed E-state index contributed by atoms with van der Waals surface area (Å²) in [6.07, 6.45) is 25.7. The number of allylic oxidation sites excluding steroid dienone is 4. The van der Waals surface area contributed by atoms with Crippen molar-refractivity contribution in [1.82, 2.24) is 0 Å². The molecule has 0 aliphatic heterocycles. The molecule has 2 N–H and O–H groups in total. The number of aliphatic imine (C=N–C) groups is 2. The lowest BCUT2D eigenvalue weighted by Crippen LogP contribution is -2.61. The van der Waals surface area contributed by atoms with Gasteiger partial charge in [-0.3, -0.25) is 9.59 Å². The van der Waals surface area contributed by atoms with E-state index in [9.17, 15) is 29.4 Å². The SMILES string of the molecule is O=C=NCC=CCCC1CCC(C2(C(=O)O)CC=CCC2(C(=O)O)C2CCC(CCC=CCN=C=O)CC2)CC1. The van der Waals surface area contributed by atoms with Crippen LogP contribution in [0.25, 0.3) is 0 Å². The van der Waals surface area contributed by atoms with Gasteiger partial charge < -0.3 is 10.2 Å². The fraction of sp³-hybridized carbons (Fsp3) is 0.688. The zero-order valence-electron chi connectivity index (χ0n) is 23.5. The molecule has 0 aromatic heterocycles. The lowest BCUT2D eigenvalue weighted by molar-refractivity contribution is -0.193. The number of carboxylic acids is 2. The second-order valence-corrected chi connectivity index (χ2v) is 11.8. The van der Waals surface area contributed by atoms with Crippen molar-refractivity contribution in [2.75, 3.05) is 13.1 Å². The molecule has 8 nitrogen and oxygen atoms in total. The topological polar surface area (TPSA) is 133 Å². The summed E-state index contributed by atoms with van der Waals surface area (Å²) in [7, 11) is 0. The summed E-state index contributed by atoms with van der Waals surface area (Å²) in [5, 5.41) is 21.7. The third kappa shape index (κ3) is 7.16. The first-order valence-corrected chi connectivity index (χ1v) is 14.9. The van der Waals surface area contributed by atoms with Gasteiger partial charge in [0.25, 0.3) is 0 Å². The number of carboxylic acid groups (broad SMARTS) is 2. The van der Waals surface area contributed by atoms with E-state index in [1.165, 1.54) is 12.2 Å². The summed E-state index contributed by atoms with van der Waals surface area (Å²) in [5.41, 5.74) is -2.57. The van der Waals surface area contributed by atoms with Crippen LogP contribution in [0.1, 0.15) is 89.9 Å². The summed E-state index contributed by atoms with van der Waals surface area (Å²) >= 11 is 0. The Bertz CT molecular complexity index is 956. The molecule has 218 valence electrons. The molecule has 40 heavy (non-hydrogen) atoms. The molecule has 2 atom stereocenters. The van der Waals surface area contributed by atoms with Crippen molar-refractivity contribution < 1.29 is 29.4 Å². The highest BCUT2D eigenvalue weighted by molar-refractivity contribution is 5.88. The highest BCUT2D eigenvalue weighted by Gasteiger charge is 2.67. The van der Waals surface area contributed by atoms with Crippen molar-refractivity contribution in [2.45, 2.75) is 89.9 Å². The van der Waals surface area contributed by atoms with Crippen LogP contribution in [-0.2, 0) is 19.2 Å². The average Bonchev–Trinajstić information content (AvgIpc) is 2.97. The maximum atomic E-state index is 13.2. The molecule has 0 spiro atoms. The molecular weight excluding hydrogens is 508 g/mol. The number of aliphatic carboxylic acids is 2. The Kier molecular flexibility index (Phi) is 12.3. The first-order chi connectivity index (χ1) is 19.4. The van der Waals surface area contributed by atoms with Gasteiger partial charge in [0.2, 0.25) is 12.2 Å². The zero-order chi connectivity index (χ0) is 28.8. The zero-order valence-corrected chi connectivity index (χ0v) is 23.5. The molecule has 2 unspecified atom stereocenters. The van der Waals surface area contributed by atoms with Gasteiger partial charge in [0.05, 0.1) is 23.9 Å². The van der Waals surface area contributed by atoms with Crippen LogP contribution in [-0.4, -0.2) is 47.4 Å². The number of carbonyl (C=O) groups excluding carboxylic acids is 2. The number of nitrogens with zero attached hydrogens (tertiary/aromatic N) is 2. The van der Waals surface area contributed by atoms with Gasteiger partial charge in [-0.15, -0.1) is 0 Å². The number of isocyanates is 2. The van der Waals surface area contributed by atoms with Crippen LogP contribution in [0.5, 0.6) is 0 Å². The third-order valence-corrected chi connectivity index (χ3v) is 10.0. The van der Waals surface area contributed by atoms with E-state index in [0.717, 1.165) is 77.0 Å². The highest BCUT2D eigenvalue weighted by Crippen LogP contribution is 2.63. The number of hydrogen-bond donors (Lipinski definition) is 2. The van der Waals surface area contributed by atoms with E-state index in [2.05, 4.69) is 9.98 Å². The minimum atomic E-state index is -1.29. The highest BCUT2D eigenvalue weighted by atomic mass is 16.4. The Morgan fingerprint density at radius 2 is 1.05 bits per heavy atom. The first-order valence-electron chi connectivity index (χ1n) is 14.9. The van der Waals surface area contributed by atoms with Crippen LogP contribution in [0.4, 0.5) is 0 Å². The Morgan fingerprint density at radius 1 is 0.675 bits per heavy atom. The van der Waals surface area contributed by atoms with Crippen LogP contribution in [0.15, 0.2) is 46.4 Å². The van der Waals surface area contributed by atoms with E-state index >= 15 is 0 Å². The van der Waals surface area contributed by atoms with E-state index in [4.69, 9.17) is 0 Å². The van der Waals surface area contributed by atoms with Gasteiger partial charge in [0, 0.05) is 0 Å². The van der Waals surface area contributed by atoms with Gasteiger partial charge in [0.1, 0.15) is 0 Å². The first kappa shape index (κ1) is 31.4. The third-order valence-electron chi connectivity index (χ3n) is 10.0. The molecule has 8 heteroatoms. The molecule has 0 aromatic carbocycles. The van der Waals surface area contributed by atoms with Crippen LogP contribution in [0.2, 0.25) is 0 Å². The van der Waals surface area contributed by atoms with E-state index < -0.39 is 22.8 Å². The molecular formula is C32H44N2O6. The van der Waals surface area contributed by atoms with E-state index in [-0.39, 0.29) is 24.7 Å². The van der Waals surface area contributed by atoms with Gasteiger partial charge in [-0.25, -0.2) is 19.6 Å². The van der Waals surface area contributed by atoms with Crippen molar-refractivity contribution in [3.05, 3.63) is 36.5 Å². The van der Waals surface area contributed by atoms with Crippen LogP contribution < -0.4 is 0 Å². The molecule has 3 aliphatic rings. The maximum absolute atomic E-state index is 13.2. The monoisotopic (exact) mass is 552 g/mol. The van der Waals surface area contributed by atoms with Gasteiger partial charge in [-0.2, -0.15) is 0 Å². The lowest BCUT2D eigenvalue weighted by atomic mass is 9.44. The Hall–Kier alpha value is -3.08. The summed E-state index contributed by atoms with van der Waals surface area (Å²) in [6, 6.07) is 0. The van der Waals surface area contributed by atoms with E-state index in [1.54, 1.807) is 0 Å². The predicted molar refractivity (Wildman–Crippen MR) is 152 cm³/mol. The van der Waals surface area contributed by atoms with Gasteiger partial charge in [0.15, 0.2) is 0 Å². The van der Waals surface area contributed by atoms with Gasteiger partial charge >= 0.3 is 11.9 Å². The molecule has 2 fully saturated rings. The van der Waals surface area contributed by atoms with Crippen molar-refractivity contribution in [1.29, 1.82) is 0 Å². The molecule has 0 bridgehead atoms. The molecule has 3 aliphatic carbocycles. The predicted octanol–water partition coefficient (Wildman–Crippen LogP) is 6.44. The number of rotatable bonds is 14. The largest absolute Gasteiger partial charge is 0.481 e. The second kappa shape index (κ2) is 15.6. The summed E-state index contributed by atoms with van der Waals surface area (Å²) < 4.78 is 0. The lowest BCUT2D eigenvalue weighted by Gasteiger charge is -2.56. The van der Waals surface area contributed by atoms with E-state index in [0.29, 0.717) is 24.9 Å².